The van der Waals surface area contributed by atoms with Crippen LogP contribution in [0.4, 0.5) is 0 Å². The third-order valence-corrected chi connectivity index (χ3v) is 6.26. The highest BCUT2D eigenvalue weighted by molar-refractivity contribution is 9.10. The Hall–Kier alpha value is -0.670. The van der Waals surface area contributed by atoms with Gasteiger partial charge in [0.05, 0.1) is 6.54 Å². The molecule has 2 rings (SSSR count). The van der Waals surface area contributed by atoms with Crippen molar-refractivity contribution in [3.63, 3.8) is 0 Å². The lowest BCUT2D eigenvalue weighted by Crippen LogP contribution is -2.21. The minimum atomic E-state index is -3.50. The Kier molecular flexibility index (Phi) is 5.03. The number of hydrogen-bond acceptors (Lipinski definition) is 5. The molecule has 2 aromatic rings. The maximum atomic E-state index is 11.9. The van der Waals surface area contributed by atoms with Crippen molar-refractivity contribution >= 4 is 37.3 Å². The van der Waals surface area contributed by atoms with Crippen molar-refractivity contribution < 1.29 is 12.8 Å². The molecule has 1 N–H and O–H groups in total. The number of nitrogens with zero attached hydrogens (tertiary/aromatic N) is 1. The molecule has 0 aliphatic rings. The molecule has 0 spiro atoms. The van der Waals surface area contributed by atoms with Crippen LogP contribution in [0.15, 0.2) is 37.6 Å². The average Bonchev–Trinajstić information content (AvgIpc) is 2.99. The number of rotatable bonds is 6. The smallest absolute Gasteiger partial charge is 0.275 e. The molecule has 0 radical (unpaired) electrons. The molecule has 20 heavy (non-hydrogen) atoms. The van der Waals surface area contributed by atoms with E-state index in [-0.39, 0.29) is 5.09 Å². The summed E-state index contributed by atoms with van der Waals surface area (Å²) in [6.07, 6.45) is 0. The third-order valence-electron chi connectivity index (χ3n) is 2.65. The molecule has 0 saturated heterocycles. The van der Waals surface area contributed by atoms with Gasteiger partial charge < -0.3 is 9.73 Å². The molecule has 2 aromatic heterocycles. The summed E-state index contributed by atoms with van der Waals surface area (Å²) in [5, 5.41) is 5.20. The Morgan fingerprint density at radius 2 is 2.05 bits per heavy atom. The molecule has 0 atom stereocenters. The predicted molar refractivity (Wildman–Crippen MR) is 82.1 cm³/mol. The summed E-state index contributed by atoms with van der Waals surface area (Å²) in [5.74, 6) is 0.595. The summed E-state index contributed by atoms with van der Waals surface area (Å²) >= 11 is 5.12. The van der Waals surface area contributed by atoms with E-state index in [2.05, 4.69) is 21.2 Å². The van der Waals surface area contributed by atoms with Crippen molar-refractivity contribution in [2.75, 3.05) is 14.1 Å². The summed E-state index contributed by atoms with van der Waals surface area (Å²) in [7, 11) is -0.545. The Bertz CT molecular complexity index is 676. The Morgan fingerprint density at radius 3 is 2.65 bits per heavy atom. The normalized spacial score (nSPS) is 12.2. The molecule has 0 fully saturated rings. The van der Waals surface area contributed by atoms with Crippen LogP contribution in [-0.4, -0.2) is 26.8 Å². The largest absolute Gasteiger partial charge is 0.447 e. The summed E-state index contributed by atoms with van der Waals surface area (Å²) in [6, 6.07) is 5.15. The molecule has 0 aromatic carbocycles. The van der Waals surface area contributed by atoms with Crippen molar-refractivity contribution in [2.45, 2.75) is 18.2 Å². The number of halogens is 1. The van der Waals surface area contributed by atoms with Crippen molar-refractivity contribution in [1.29, 1.82) is 0 Å². The van der Waals surface area contributed by atoms with Crippen LogP contribution in [-0.2, 0) is 23.1 Å². The minimum Gasteiger partial charge on any atom is -0.447 e. The van der Waals surface area contributed by atoms with E-state index in [1.165, 1.54) is 25.0 Å². The second-order valence-corrected chi connectivity index (χ2v) is 8.24. The second-order valence-electron chi connectivity index (χ2n) is 4.30. The van der Waals surface area contributed by atoms with Crippen molar-refractivity contribution in [3.05, 3.63) is 38.7 Å². The van der Waals surface area contributed by atoms with Crippen molar-refractivity contribution in [2.24, 2.45) is 0 Å². The Morgan fingerprint density at radius 1 is 1.30 bits per heavy atom. The van der Waals surface area contributed by atoms with Gasteiger partial charge in [-0.05, 0) is 39.5 Å². The number of nitrogens with one attached hydrogen (secondary N) is 1. The lowest BCUT2D eigenvalue weighted by atomic mass is 10.4. The van der Waals surface area contributed by atoms with Crippen LogP contribution < -0.4 is 5.32 Å². The van der Waals surface area contributed by atoms with Gasteiger partial charge in [0.1, 0.15) is 5.76 Å². The first-order valence-corrected chi connectivity index (χ1v) is 8.96. The molecule has 2 heterocycles. The lowest BCUT2D eigenvalue weighted by Gasteiger charge is -2.07. The standard InChI is InChI=1S/C12H15BrN2O3S2/c1-15(2)20(16,17)12-4-3-9(18-12)7-14-8-11-10(13)5-6-19-11/h3-6,14H,7-8H2,1-2H3. The van der Waals surface area contributed by atoms with Gasteiger partial charge >= 0.3 is 0 Å². The Labute approximate surface area is 130 Å². The van der Waals surface area contributed by atoms with E-state index in [4.69, 9.17) is 4.42 Å². The van der Waals surface area contributed by atoms with Gasteiger partial charge in [-0.1, -0.05) is 0 Å². The van der Waals surface area contributed by atoms with E-state index in [1.54, 1.807) is 17.4 Å². The summed E-state index contributed by atoms with van der Waals surface area (Å²) in [6.45, 7) is 1.18. The fraction of sp³-hybridized carbons (Fsp3) is 0.333. The first-order chi connectivity index (χ1) is 9.41. The first-order valence-electron chi connectivity index (χ1n) is 5.85. The molecular weight excluding hydrogens is 364 g/mol. The van der Waals surface area contributed by atoms with Gasteiger partial charge in [-0.15, -0.1) is 11.3 Å². The predicted octanol–water partition coefficient (Wildman–Crippen LogP) is 2.64. The van der Waals surface area contributed by atoms with E-state index in [0.29, 0.717) is 18.8 Å². The molecule has 5 nitrogen and oxygen atoms in total. The zero-order valence-electron chi connectivity index (χ0n) is 11.1. The topological polar surface area (TPSA) is 62.6 Å². The quantitative estimate of drug-likeness (QED) is 0.838. The van der Waals surface area contributed by atoms with Crippen LogP contribution in [0.1, 0.15) is 10.6 Å². The van der Waals surface area contributed by atoms with Crippen LogP contribution in [0, 0.1) is 0 Å². The van der Waals surface area contributed by atoms with Crippen LogP contribution in [0.25, 0.3) is 0 Å². The first kappa shape index (κ1) is 15.7. The minimum absolute atomic E-state index is 0.0309. The molecule has 0 saturated carbocycles. The van der Waals surface area contributed by atoms with E-state index >= 15 is 0 Å². The molecule has 110 valence electrons. The third kappa shape index (κ3) is 3.50. The van der Waals surface area contributed by atoms with Gasteiger partial charge in [0.25, 0.3) is 10.0 Å². The molecule has 0 bridgehead atoms. The van der Waals surface area contributed by atoms with Crippen molar-refractivity contribution in [1.82, 2.24) is 9.62 Å². The monoisotopic (exact) mass is 378 g/mol. The number of sulfonamides is 1. The number of thiophene rings is 1. The SMILES string of the molecule is CN(C)S(=O)(=O)c1ccc(CNCc2sccc2Br)o1. The van der Waals surface area contributed by atoms with Crippen LogP contribution in [0.2, 0.25) is 0 Å². The maximum absolute atomic E-state index is 11.9. The zero-order valence-corrected chi connectivity index (χ0v) is 14.3. The van der Waals surface area contributed by atoms with Gasteiger partial charge in [-0.3, -0.25) is 0 Å². The number of furan rings is 1. The molecule has 0 aliphatic heterocycles. The van der Waals surface area contributed by atoms with Gasteiger partial charge in [0, 0.05) is 30.0 Å². The summed E-state index contributed by atoms with van der Waals surface area (Å²) in [4.78, 5) is 1.19. The second kappa shape index (κ2) is 6.40. The summed E-state index contributed by atoms with van der Waals surface area (Å²) in [5.41, 5.74) is 0. The maximum Gasteiger partial charge on any atom is 0.275 e. The van der Waals surface area contributed by atoms with Gasteiger partial charge in [0.2, 0.25) is 5.09 Å². The average molecular weight is 379 g/mol. The highest BCUT2D eigenvalue weighted by atomic mass is 79.9. The fourth-order valence-corrected chi connectivity index (χ4v) is 3.80. The van der Waals surface area contributed by atoms with Gasteiger partial charge in [0.15, 0.2) is 0 Å². The van der Waals surface area contributed by atoms with E-state index < -0.39 is 10.0 Å². The molecule has 0 amide bonds. The van der Waals surface area contributed by atoms with E-state index in [1.807, 2.05) is 11.4 Å². The van der Waals surface area contributed by atoms with Gasteiger partial charge in [-0.2, -0.15) is 0 Å². The lowest BCUT2D eigenvalue weighted by molar-refractivity contribution is 0.389. The molecule has 0 aliphatic carbocycles. The Balaban J connectivity index is 1.96. The zero-order chi connectivity index (χ0) is 14.8. The van der Waals surface area contributed by atoms with Crippen LogP contribution in [0.3, 0.4) is 0 Å². The molecule has 0 unspecified atom stereocenters. The molecule has 8 heteroatoms. The highest BCUT2D eigenvalue weighted by Gasteiger charge is 2.21. The van der Waals surface area contributed by atoms with Crippen molar-refractivity contribution in [3.8, 4) is 0 Å². The van der Waals surface area contributed by atoms with E-state index in [0.717, 1.165) is 8.78 Å². The fourth-order valence-electron chi connectivity index (χ4n) is 1.52. The summed E-state index contributed by atoms with van der Waals surface area (Å²) < 4.78 is 31.3. The molecular formula is C12H15BrN2O3S2. The van der Waals surface area contributed by atoms with Crippen LogP contribution in [0.5, 0.6) is 0 Å². The van der Waals surface area contributed by atoms with E-state index in [9.17, 15) is 8.42 Å². The van der Waals surface area contributed by atoms with Crippen LogP contribution >= 0.6 is 27.3 Å². The van der Waals surface area contributed by atoms with Gasteiger partial charge in [-0.25, -0.2) is 12.7 Å². The number of hydrogen-bond donors (Lipinski definition) is 1. The highest BCUT2D eigenvalue weighted by Crippen LogP contribution is 2.22.